The van der Waals surface area contributed by atoms with Crippen molar-refractivity contribution in [3.8, 4) is 11.5 Å². The second-order valence-corrected chi connectivity index (χ2v) is 5.16. The number of hydrogen-bond acceptors (Lipinski definition) is 3. The van der Waals surface area contributed by atoms with Gasteiger partial charge in [-0.3, -0.25) is 0 Å². The van der Waals surface area contributed by atoms with E-state index in [0.717, 1.165) is 6.42 Å². The van der Waals surface area contributed by atoms with Gasteiger partial charge < -0.3 is 20.8 Å². The molecule has 2 amide bonds. The number of amides is 2. The summed E-state index contributed by atoms with van der Waals surface area (Å²) in [7, 11) is 0. The van der Waals surface area contributed by atoms with E-state index >= 15 is 0 Å². The Labute approximate surface area is 122 Å². The van der Waals surface area contributed by atoms with E-state index < -0.39 is 0 Å². The highest BCUT2D eigenvalue weighted by molar-refractivity contribution is 5.91. The number of anilines is 1. The first kappa shape index (κ1) is 13.3. The summed E-state index contributed by atoms with van der Waals surface area (Å²) in [5.41, 5.74) is 1.48. The molecule has 0 aromatic heterocycles. The Balaban J connectivity index is 1.56. The van der Waals surface area contributed by atoms with Crippen molar-refractivity contribution in [3.05, 3.63) is 54.1 Å². The van der Waals surface area contributed by atoms with Gasteiger partial charge in [-0.1, -0.05) is 30.3 Å². The van der Waals surface area contributed by atoms with E-state index in [9.17, 15) is 15.0 Å². The number of phenolic OH excluding ortho intramolecular Hbond substituents is 2. The SMILES string of the molecule is O=C(Nc1ccc(O)cc1O)NC1CC1c1ccccc1. The van der Waals surface area contributed by atoms with E-state index in [1.54, 1.807) is 0 Å². The van der Waals surface area contributed by atoms with Gasteiger partial charge in [0.15, 0.2) is 0 Å². The van der Waals surface area contributed by atoms with Gasteiger partial charge in [-0.25, -0.2) is 4.79 Å². The normalized spacial score (nSPS) is 19.8. The maximum absolute atomic E-state index is 11.9. The smallest absolute Gasteiger partial charge is 0.319 e. The maximum atomic E-state index is 11.9. The van der Waals surface area contributed by atoms with Gasteiger partial charge in [-0.15, -0.1) is 0 Å². The molecule has 21 heavy (non-hydrogen) atoms. The lowest BCUT2D eigenvalue weighted by molar-refractivity contribution is 0.251. The molecule has 5 heteroatoms. The van der Waals surface area contributed by atoms with Gasteiger partial charge in [0.05, 0.1) is 5.69 Å². The largest absolute Gasteiger partial charge is 0.508 e. The number of benzene rings is 2. The van der Waals surface area contributed by atoms with Crippen LogP contribution in [0.3, 0.4) is 0 Å². The number of hydrogen-bond donors (Lipinski definition) is 4. The summed E-state index contributed by atoms with van der Waals surface area (Å²) in [6.07, 6.45) is 0.916. The highest BCUT2D eigenvalue weighted by atomic mass is 16.3. The zero-order valence-electron chi connectivity index (χ0n) is 11.3. The van der Waals surface area contributed by atoms with Gasteiger partial charge in [-0.05, 0) is 24.1 Å². The molecule has 1 aliphatic carbocycles. The summed E-state index contributed by atoms with van der Waals surface area (Å²) in [4.78, 5) is 11.9. The maximum Gasteiger partial charge on any atom is 0.319 e. The fourth-order valence-corrected chi connectivity index (χ4v) is 2.38. The van der Waals surface area contributed by atoms with Crippen LogP contribution >= 0.6 is 0 Å². The zero-order valence-corrected chi connectivity index (χ0v) is 11.3. The quantitative estimate of drug-likeness (QED) is 0.517. The highest BCUT2D eigenvalue weighted by Crippen LogP contribution is 2.40. The Hall–Kier alpha value is -2.69. The molecule has 1 saturated carbocycles. The number of phenols is 2. The van der Waals surface area contributed by atoms with Crippen molar-refractivity contribution < 1.29 is 15.0 Å². The summed E-state index contributed by atoms with van der Waals surface area (Å²) in [5.74, 6) is 0.135. The minimum absolute atomic E-state index is 0.0511. The second kappa shape index (κ2) is 5.36. The summed E-state index contributed by atoms with van der Waals surface area (Å²) in [6, 6.07) is 13.8. The number of aromatic hydroxyl groups is 2. The van der Waals surface area contributed by atoms with Crippen LogP contribution in [0.2, 0.25) is 0 Å². The van der Waals surface area contributed by atoms with Gasteiger partial charge in [-0.2, -0.15) is 0 Å². The third-order valence-corrected chi connectivity index (χ3v) is 3.56. The summed E-state index contributed by atoms with van der Waals surface area (Å²) >= 11 is 0. The van der Waals surface area contributed by atoms with E-state index in [1.165, 1.54) is 23.8 Å². The van der Waals surface area contributed by atoms with Crippen molar-refractivity contribution in [2.24, 2.45) is 0 Å². The summed E-state index contributed by atoms with van der Waals surface area (Å²) in [6.45, 7) is 0. The van der Waals surface area contributed by atoms with Crippen molar-refractivity contribution in [1.82, 2.24) is 5.32 Å². The molecule has 0 radical (unpaired) electrons. The third-order valence-electron chi connectivity index (χ3n) is 3.56. The topological polar surface area (TPSA) is 81.6 Å². The molecule has 108 valence electrons. The molecule has 2 atom stereocenters. The average Bonchev–Trinajstić information content (AvgIpc) is 3.22. The Morgan fingerprint density at radius 3 is 2.57 bits per heavy atom. The van der Waals surface area contributed by atoms with Crippen LogP contribution in [0.25, 0.3) is 0 Å². The Kier molecular flexibility index (Phi) is 3.39. The molecule has 1 aliphatic rings. The number of carbonyl (C=O) groups is 1. The molecule has 2 aromatic carbocycles. The van der Waals surface area contributed by atoms with E-state index in [1.807, 2.05) is 18.2 Å². The molecule has 2 aromatic rings. The minimum Gasteiger partial charge on any atom is -0.508 e. The zero-order chi connectivity index (χ0) is 14.8. The fourth-order valence-electron chi connectivity index (χ4n) is 2.38. The van der Waals surface area contributed by atoms with Crippen LogP contribution in [-0.4, -0.2) is 22.3 Å². The molecule has 1 fully saturated rings. The predicted octanol–water partition coefficient (Wildman–Crippen LogP) is 2.78. The Bertz CT molecular complexity index is 658. The molecule has 0 aliphatic heterocycles. The standard InChI is InChI=1S/C16H16N2O3/c19-11-6-7-13(15(20)8-11)17-16(21)18-14-9-12(14)10-4-2-1-3-5-10/h1-8,12,14,19-20H,9H2,(H2,17,18,21). The molecule has 3 rings (SSSR count). The third kappa shape index (κ3) is 3.08. The second-order valence-electron chi connectivity index (χ2n) is 5.16. The van der Waals surface area contributed by atoms with Crippen molar-refractivity contribution in [1.29, 1.82) is 0 Å². The first-order chi connectivity index (χ1) is 10.1. The first-order valence-electron chi connectivity index (χ1n) is 6.78. The van der Waals surface area contributed by atoms with Crippen molar-refractivity contribution >= 4 is 11.7 Å². The van der Waals surface area contributed by atoms with Crippen molar-refractivity contribution in [3.63, 3.8) is 0 Å². The molecule has 0 bridgehead atoms. The Morgan fingerprint density at radius 2 is 1.86 bits per heavy atom. The van der Waals surface area contributed by atoms with E-state index in [2.05, 4.69) is 22.8 Å². The number of rotatable bonds is 3. The van der Waals surface area contributed by atoms with Gasteiger partial charge >= 0.3 is 6.03 Å². The van der Waals surface area contributed by atoms with E-state index in [-0.39, 0.29) is 29.3 Å². The molecule has 4 N–H and O–H groups in total. The molecule has 2 unspecified atom stereocenters. The minimum atomic E-state index is -0.362. The van der Waals surface area contributed by atoms with Gasteiger partial charge in [0.1, 0.15) is 11.5 Å². The molecule has 0 spiro atoms. The van der Waals surface area contributed by atoms with Crippen LogP contribution in [-0.2, 0) is 0 Å². The number of urea groups is 1. The molecular weight excluding hydrogens is 268 g/mol. The van der Waals surface area contributed by atoms with Crippen LogP contribution in [0.4, 0.5) is 10.5 Å². The fraction of sp³-hybridized carbons (Fsp3) is 0.188. The lowest BCUT2D eigenvalue weighted by Crippen LogP contribution is -2.31. The number of carbonyl (C=O) groups excluding carboxylic acids is 1. The van der Waals surface area contributed by atoms with Crippen LogP contribution in [0, 0.1) is 0 Å². The monoisotopic (exact) mass is 284 g/mol. The highest BCUT2D eigenvalue weighted by Gasteiger charge is 2.39. The van der Waals surface area contributed by atoms with Crippen LogP contribution in [0.15, 0.2) is 48.5 Å². The molecular formula is C16H16N2O3. The van der Waals surface area contributed by atoms with Crippen LogP contribution in [0.5, 0.6) is 11.5 Å². The first-order valence-corrected chi connectivity index (χ1v) is 6.78. The van der Waals surface area contributed by atoms with Crippen LogP contribution in [0.1, 0.15) is 17.9 Å². The molecule has 0 heterocycles. The summed E-state index contributed by atoms with van der Waals surface area (Å²) in [5, 5.41) is 24.3. The summed E-state index contributed by atoms with van der Waals surface area (Å²) < 4.78 is 0. The van der Waals surface area contributed by atoms with Crippen molar-refractivity contribution in [2.75, 3.05) is 5.32 Å². The van der Waals surface area contributed by atoms with E-state index in [0.29, 0.717) is 5.92 Å². The molecule has 5 nitrogen and oxygen atoms in total. The van der Waals surface area contributed by atoms with Gasteiger partial charge in [0.25, 0.3) is 0 Å². The van der Waals surface area contributed by atoms with Gasteiger partial charge in [0, 0.05) is 18.0 Å². The predicted molar refractivity (Wildman–Crippen MR) is 79.5 cm³/mol. The lowest BCUT2D eigenvalue weighted by atomic mass is 10.1. The number of nitrogens with one attached hydrogen (secondary N) is 2. The lowest BCUT2D eigenvalue weighted by Gasteiger charge is -2.09. The van der Waals surface area contributed by atoms with Crippen LogP contribution < -0.4 is 10.6 Å². The van der Waals surface area contributed by atoms with Crippen molar-refractivity contribution in [2.45, 2.75) is 18.4 Å². The average molecular weight is 284 g/mol. The molecule has 0 saturated heterocycles. The van der Waals surface area contributed by atoms with E-state index in [4.69, 9.17) is 0 Å². The Morgan fingerprint density at radius 1 is 1.10 bits per heavy atom. The van der Waals surface area contributed by atoms with Gasteiger partial charge in [0.2, 0.25) is 0 Å².